The third kappa shape index (κ3) is 2.44. The number of hydrogen-bond acceptors (Lipinski definition) is 2. The minimum absolute atomic E-state index is 0.0820. The zero-order chi connectivity index (χ0) is 11.7. The van der Waals surface area contributed by atoms with Crippen molar-refractivity contribution in [3.63, 3.8) is 0 Å². The average molecular weight is 298 g/mol. The van der Waals surface area contributed by atoms with Gasteiger partial charge in [-0.2, -0.15) is 0 Å². The molecule has 84 valence electrons. The van der Waals surface area contributed by atoms with Gasteiger partial charge in [-0.1, -0.05) is 0 Å². The molecule has 0 aliphatic heterocycles. The Bertz CT molecular complexity index is 544. The molecule has 0 amide bonds. The SMILES string of the molecule is Cc1cc(=O)cc(C)n1Cc1ccc(Br)s1. The summed E-state index contributed by atoms with van der Waals surface area (Å²) in [5.74, 6) is 0. The van der Waals surface area contributed by atoms with Gasteiger partial charge >= 0.3 is 0 Å². The van der Waals surface area contributed by atoms with Gasteiger partial charge in [0.05, 0.1) is 10.3 Å². The number of rotatable bonds is 2. The molecule has 0 N–H and O–H groups in total. The van der Waals surface area contributed by atoms with Crippen molar-refractivity contribution in [3.05, 3.63) is 54.5 Å². The van der Waals surface area contributed by atoms with Crippen molar-refractivity contribution in [3.8, 4) is 0 Å². The molecule has 0 bridgehead atoms. The van der Waals surface area contributed by atoms with E-state index in [1.54, 1.807) is 23.5 Å². The van der Waals surface area contributed by atoms with Gasteiger partial charge in [0.25, 0.3) is 0 Å². The Morgan fingerprint density at radius 2 is 1.88 bits per heavy atom. The molecule has 2 rings (SSSR count). The zero-order valence-corrected chi connectivity index (χ0v) is 11.6. The first-order valence-electron chi connectivity index (χ1n) is 4.98. The second-order valence-corrected chi connectivity index (χ2v) is 6.31. The molecular weight excluding hydrogens is 286 g/mol. The molecule has 16 heavy (non-hydrogen) atoms. The predicted octanol–water partition coefficient (Wildman–Crippen LogP) is 3.34. The molecule has 0 atom stereocenters. The number of thiophene rings is 1. The molecule has 2 nitrogen and oxygen atoms in total. The fourth-order valence-electron chi connectivity index (χ4n) is 1.73. The summed E-state index contributed by atoms with van der Waals surface area (Å²) < 4.78 is 3.29. The summed E-state index contributed by atoms with van der Waals surface area (Å²) in [6.07, 6.45) is 0. The van der Waals surface area contributed by atoms with Crippen molar-refractivity contribution in [1.29, 1.82) is 0 Å². The van der Waals surface area contributed by atoms with Crippen LogP contribution in [-0.2, 0) is 6.54 Å². The molecule has 0 aliphatic carbocycles. The first-order valence-corrected chi connectivity index (χ1v) is 6.59. The van der Waals surface area contributed by atoms with Crippen LogP contribution in [0.4, 0.5) is 0 Å². The van der Waals surface area contributed by atoms with Crippen LogP contribution in [0.15, 0.2) is 32.8 Å². The summed E-state index contributed by atoms with van der Waals surface area (Å²) in [5.41, 5.74) is 2.10. The molecule has 0 saturated heterocycles. The van der Waals surface area contributed by atoms with Gasteiger partial charge in [-0.3, -0.25) is 4.79 Å². The fourth-order valence-corrected chi connectivity index (χ4v) is 3.20. The van der Waals surface area contributed by atoms with E-state index >= 15 is 0 Å². The lowest BCUT2D eigenvalue weighted by Crippen LogP contribution is -2.13. The quantitative estimate of drug-likeness (QED) is 0.833. The molecule has 2 heterocycles. The maximum atomic E-state index is 11.3. The van der Waals surface area contributed by atoms with E-state index in [4.69, 9.17) is 0 Å². The predicted molar refractivity (Wildman–Crippen MR) is 71.3 cm³/mol. The van der Waals surface area contributed by atoms with Crippen molar-refractivity contribution < 1.29 is 0 Å². The number of aryl methyl sites for hydroxylation is 2. The number of hydrogen-bond donors (Lipinski definition) is 0. The lowest BCUT2D eigenvalue weighted by molar-refractivity contribution is 0.737. The average Bonchev–Trinajstić information content (AvgIpc) is 2.58. The van der Waals surface area contributed by atoms with Crippen LogP contribution in [0, 0.1) is 13.8 Å². The fraction of sp³-hybridized carbons (Fsp3) is 0.250. The maximum absolute atomic E-state index is 11.3. The van der Waals surface area contributed by atoms with Crippen LogP contribution in [0.25, 0.3) is 0 Å². The van der Waals surface area contributed by atoms with Crippen molar-refractivity contribution >= 4 is 27.3 Å². The van der Waals surface area contributed by atoms with Crippen molar-refractivity contribution in [2.24, 2.45) is 0 Å². The van der Waals surface area contributed by atoms with Crippen LogP contribution in [0.2, 0.25) is 0 Å². The van der Waals surface area contributed by atoms with E-state index in [2.05, 4.69) is 26.6 Å². The van der Waals surface area contributed by atoms with E-state index in [0.29, 0.717) is 0 Å². The number of nitrogens with zero attached hydrogens (tertiary/aromatic N) is 1. The first kappa shape index (κ1) is 11.6. The molecular formula is C12H12BrNOS. The Morgan fingerprint density at radius 3 is 2.38 bits per heavy atom. The largest absolute Gasteiger partial charge is 0.344 e. The van der Waals surface area contributed by atoms with Gasteiger partial charge < -0.3 is 4.57 Å². The Morgan fingerprint density at radius 1 is 1.25 bits per heavy atom. The van der Waals surface area contributed by atoms with E-state index in [-0.39, 0.29) is 5.43 Å². The van der Waals surface area contributed by atoms with Crippen molar-refractivity contribution in [2.75, 3.05) is 0 Å². The minimum atomic E-state index is 0.0820. The molecule has 0 radical (unpaired) electrons. The summed E-state index contributed by atoms with van der Waals surface area (Å²) >= 11 is 5.18. The molecule has 0 aliphatic rings. The Kier molecular flexibility index (Phi) is 3.30. The second-order valence-electron chi connectivity index (χ2n) is 3.77. The summed E-state index contributed by atoms with van der Waals surface area (Å²) in [6.45, 7) is 4.77. The molecule has 2 aromatic rings. The van der Waals surface area contributed by atoms with Crippen molar-refractivity contribution in [1.82, 2.24) is 4.57 Å². The van der Waals surface area contributed by atoms with E-state index in [9.17, 15) is 4.79 Å². The van der Waals surface area contributed by atoms with E-state index in [0.717, 1.165) is 21.7 Å². The lowest BCUT2D eigenvalue weighted by atomic mass is 10.3. The van der Waals surface area contributed by atoms with Gasteiger partial charge in [0, 0.05) is 28.4 Å². The highest BCUT2D eigenvalue weighted by Gasteiger charge is 2.04. The van der Waals surface area contributed by atoms with E-state index in [1.807, 2.05) is 19.9 Å². The monoisotopic (exact) mass is 297 g/mol. The highest BCUT2D eigenvalue weighted by molar-refractivity contribution is 9.11. The van der Waals surface area contributed by atoms with Crippen LogP contribution in [0.5, 0.6) is 0 Å². The third-order valence-electron chi connectivity index (χ3n) is 2.50. The molecule has 0 spiro atoms. The smallest absolute Gasteiger partial charge is 0.182 e. The van der Waals surface area contributed by atoms with Crippen LogP contribution in [0.3, 0.4) is 0 Å². The highest BCUT2D eigenvalue weighted by atomic mass is 79.9. The third-order valence-corrected chi connectivity index (χ3v) is 4.11. The lowest BCUT2D eigenvalue weighted by Gasteiger charge is -2.12. The van der Waals surface area contributed by atoms with Crippen LogP contribution in [-0.4, -0.2) is 4.57 Å². The highest BCUT2D eigenvalue weighted by Crippen LogP contribution is 2.23. The molecule has 2 aromatic heterocycles. The normalized spacial score (nSPS) is 10.7. The van der Waals surface area contributed by atoms with Gasteiger partial charge in [0.15, 0.2) is 5.43 Å². The zero-order valence-electron chi connectivity index (χ0n) is 9.16. The Labute approximate surface area is 107 Å². The van der Waals surface area contributed by atoms with Crippen LogP contribution >= 0.6 is 27.3 Å². The standard InChI is InChI=1S/C12H12BrNOS/c1-8-5-10(15)6-9(2)14(8)7-11-3-4-12(13)16-11/h3-6H,7H2,1-2H3. The summed E-state index contributed by atoms with van der Waals surface area (Å²) in [6, 6.07) is 7.50. The van der Waals surface area contributed by atoms with Crippen molar-refractivity contribution in [2.45, 2.75) is 20.4 Å². The summed E-state index contributed by atoms with van der Waals surface area (Å²) in [5, 5.41) is 0. The van der Waals surface area contributed by atoms with Gasteiger partial charge in [-0.05, 0) is 41.9 Å². The topological polar surface area (TPSA) is 22.0 Å². The van der Waals surface area contributed by atoms with Gasteiger partial charge in [-0.25, -0.2) is 0 Å². The number of halogens is 1. The molecule has 0 unspecified atom stereocenters. The Hall–Kier alpha value is -0.870. The van der Waals surface area contributed by atoms with E-state index in [1.165, 1.54) is 4.88 Å². The summed E-state index contributed by atoms with van der Waals surface area (Å²) in [7, 11) is 0. The van der Waals surface area contributed by atoms with E-state index < -0.39 is 0 Å². The Balaban J connectivity index is 2.38. The van der Waals surface area contributed by atoms with Crippen LogP contribution in [0.1, 0.15) is 16.3 Å². The van der Waals surface area contributed by atoms with Gasteiger partial charge in [-0.15, -0.1) is 11.3 Å². The van der Waals surface area contributed by atoms with Gasteiger partial charge in [0.1, 0.15) is 0 Å². The summed E-state index contributed by atoms with van der Waals surface area (Å²) in [4.78, 5) is 12.6. The van der Waals surface area contributed by atoms with Gasteiger partial charge in [0.2, 0.25) is 0 Å². The number of aromatic nitrogens is 1. The second kappa shape index (κ2) is 4.55. The number of pyridine rings is 1. The van der Waals surface area contributed by atoms with Crippen LogP contribution < -0.4 is 5.43 Å². The maximum Gasteiger partial charge on any atom is 0.182 e. The first-order chi connectivity index (χ1) is 7.56. The molecule has 0 fully saturated rings. The molecule has 0 saturated carbocycles. The minimum Gasteiger partial charge on any atom is -0.344 e. The molecule has 4 heteroatoms. The molecule has 0 aromatic carbocycles.